The van der Waals surface area contributed by atoms with Gasteiger partial charge in [-0.25, -0.2) is 8.78 Å². The van der Waals surface area contributed by atoms with E-state index in [0.717, 1.165) is 4.90 Å². The number of carbonyl (C=O) groups is 2. The number of hydrogen-bond acceptors (Lipinski definition) is 3. The summed E-state index contributed by atoms with van der Waals surface area (Å²) >= 11 is 0. The average Bonchev–Trinajstić information content (AvgIpc) is 2.12. The Balaban J connectivity index is 0.00000256. The highest BCUT2D eigenvalue weighted by Gasteiger charge is 2.46. The summed E-state index contributed by atoms with van der Waals surface area (Å²) in [5, 5.41) is 0. The topological polar surface area (TPSA) is 89.4 Å². The lowest BCUT2D eigenvalue weighted by molar-refractivity contribution is -0.167. The van der Waals surface area contributed by atoms with Gasteiger partial charge in [0.2, 0.25) is 11.8 Å². The van der Waals surface area contributed by atoms with E-state index in [1.807, 2.05) is 0 Å². The monoisotopic (exact) mass is 271 g/mol. The van der Waals surface area contributed by atoms with Gasteiger partial charge < -0.3 is 16.4 Å². The van der Waals surface area contributed by atoms with Crippen LogP contribution in [0.15, 0.2) is 0 Å². The third-order valence-electron chi connectivity index (χ3n) is 2.41. The van der Waals surface area contributed by atoms with E-state index >= 15 is 0 Å². The van der Waals surface area contributed by atoms with Crippen molar-refractivity contribution in [2.45, 2.75) is 31.2 Å². The number of primary amides is 1. The Kier molecular flexibility index (Phi) is 5.77. The van der Waals surface area contributed by atoms with Crippen LogP contribution in [0.2, 0.25) is 0 Å². The van der Waals surface area contributed by atoms with E-state index in [4.69, 9.17) is 11.5 Å². The molecule has 1 aliphatic rings. The molecule has 1 saturated heterocycles. The molecule has 100 valence electrons. The molecule has 0 saturated carbocycles. The van der Waals surface area contributed by atoms with Gasteiger partial charge >= 0.3 is 0 Å². The molecule has 0 aromatic carbocycles. The van der Waals surface area contributed by atoms with Gasteiger partial charge in [-0.1, -0.05) is 0 Å². The third-order valence-corrected chi connectivity index (χ3v) is 2.41. The van der Waals surface area contributed by atoms with Crippen LogP contribution < -0.4 is 11.5 Å². The predicted molar refractivity (Wildman–Crippen MR) is 59.8 cm³/mol. The lowest BCUT2D eigenvalue weighted by Crippen LogP contribution is -2.61. The van der Waals surface area contributed by atoms with E-state index in [0.29, 0.717) is 6.42 Å². The number of amides is 2. The van der Waals surface area contributed by atoms with Crippen LogP contribution in [-0.2, 0) is 9.59 Å². The van der Waals surface area contributed by atoms with Gasteiger partial charge in [0.05, 0.1) is 19.1 Å². The molecule has 1 aliphatic heterocycles. The minimum absolute atomic E-state index is 0. The number of nitrogens with zero attached hydrogens (tertiary/aromatic N) is 1. The van der Waals surface area contributed by atoms with Gasteiger partial charge in [0.25, 0.3) is 5.92 Å². The Morgan fingerprint density at radius 3 is 2.29 bits per heavy atom. The van der Waals surface area contributed by atoms with Crippen molar-refractivity contribution in [3.05, 3.63) is 0 Å². The molecule has 0 spiro atoms. The van der Waals surface area contributed by atoms with Crippen LogP contribution in [0.25, 0.3) is 0 Å². The zero-order valence-electron chi connectivity index (χ0n) is 9.20. The van der Waals surface area contributed by atoms with Crippen molar-refractivity contribution < 1.29 is 18.4 Å². The maximum absolute atomic E-state index is 12.5. The molecule has 8 heteroatoms. The molecule has 1 heterocycles. The molecule has 2 amide bonds. The van der Waals surface area contributed by atoms with Crippen molar-refractivity contribution in [1.29, 1.82) is 0 Å². The number of halogens is 3. The Bertz CT molecular complexity index is 294. The molecule has 0 aromatic heterocycles. The van der Waals surface area contributed by atoms with Gasteiger partial charge in [-0.15, -0.1) is 12.4 Å². The maximum Gasteiger partial charge on any atom is 0.282 e. The third kappa shape index (κ3) is 4.82. The van der Waals surface area contributed by atoms with Gasteiger partial charge in [0.1, 0.15) is 0 Å². The van der Waals surface area contributed by atoms with E-state index in [1.54, 1.807) is 0 Å². The van der Waals surface area contributed by atoms with Crippen LogP contribution in [0.4, 0.5) is 8.78 Å². The largest absolute Gasteiger partial charge is 0.370 e. The summed E-state index contributed by atoms with van der Waals surface area (Å²) < 4.78 is 24.9. The lowest BCUT2D eigenvalue weighted by Gasteiger charge is -2.39. The van der Waals surface area contributed by atoms with Crippen molar-refractivity contribution >= 4 is 24.2 Å². The van der Waals surface area contributed by atoms with Gasteiger partial charge in [-0.3, -0.25) is 9.59 Å². The second kappa shape index (κ2) is 6.11. The number of likely N-dealkylation sites (tertiary alicyclic amines) is 1. The number of alkyl halides is 2. The first-order chi connectivity index (χ1) is 7.32. The molecular formula is C9H16ClF2N3O2. The molecule has 0 aromatic rings. The van der Waals surface area contributed by atoms with Crippen LogP contribution in [0.1, 0.15) is 19.3 Å². The second-order valence-corrected chi connectivity index (χ2v) is 4.02. The first-order valence-corrected chi connectivity index (χ1v) is 5.02. The zero-order valence-corrected chi connectivity index (χ0v) is 10.0. The van der Waals surface area contributed by atoms with Gasteiger partial charge in [0.15, 0.2) is 0 Å². The van der Waals surface area contributed by atoms with Crippen molar-refractivity contribution in [3.8, 4) is 0 Å². The molecule has 0 radical (unpaired) electrons. The summed E-state index contributed by atoms with van der Waals surface area (Å²) in [4.78, 5) is 22.9. The minimum atomic E-state index is -2.78. The van der Waals surface area contributed by atoms with Crippen LogP contribution in [0, 0.1) is 0 Å². The molecule has 4 N–H and O–H groups in total. The fourth-order valence-electron chi connectivity index (χ4n) is 1.52. The lowest BCUT2D eigenvalue weighted by atomic mass is 10.1. The molecule has 0 bridgehead atoms. The highest BCUT2D eigenvalue weighted by molar-refractivity contribution is 5.85. The van der Waals surface area contributed by atoms with Crippen LogP contribution >= 0.6 is 12.4 Å². The average molecular weight is 272 g/mol. The number of rotatable bonds is 5. The predicted octanol–water partition coefficient (Wildman–Crippen LogP) is -0.131. The van der Waals surface area contributed by atoms with Crippen LogP contribution in [0.3, 0.4) is 0 Å². The SMILES string of the molecule is Cl.NC(=O)CCCC(N)C(=O)N1CC(F)(F)C1. The van der Waals surface area contributed by atoms with Gasteiger partial charge in [-0.05, 0) is 12.8 Å². The fourth-order valence-corrected chi connectivity index (χ4v) is 1.52. The van der Waals surface area contributed by atoms with E-state index in [9.17, 15) is 18.4 Å². The summed E-state index contributed by atoms with van der Waals surface area (Å²) in [6, 6.07) is -0.824. The number of carbonyl (C=O) groups excluding carboxylic acids is 2. The molecular weight excluding hydrogens is 256 g/mol. The maximum atomic E-state index is 12.5. The van der Waals surface area contributed by atoms with Crippen molar-refractivity contribution in [2.24, 2.45) is 11.5 Å². The molecule has 0 aliphatic carbocycles. The molecule has 1 atom stereocenters. The molecule has 1 unspecified atom stereocenters. The molecule has 17 heavy (non-hydrogen) atoms. The van der Waals surface area contributed by atoms with E-state index < -0.39 is 36.9 Å². The summed E-state index contributed by atoms with van der Waals surface area (Å²) in [7, 11) is 0. The van der Waals surface area contributed by atoms with Crippen LogP contribution in [-0.4, -0.2) is 41.8 Å². The van der Waals surface area contributed by atoms with Crippen molar-refractivity contribution in [2.75, 3.05) is 13.1 Å². The normalized spacial score (nSPS) is 18.9. The Morgan fingerprint density at radius 1 is 1.35 bits per heavy atom. The minimum Gasteiger partial charge on any atom is -0.370 e. The second-order valence-electron chi connectivity index (χ2n) is 4.02. The Morgan fingerprint density at radius 2 is 1.88 bits per heavy atom. The fraction of sp³-hybridized carbons (Fsp3) is 0.778. The summed E-state index contributed by atoms with van der Waals surface area (Å²) in [6.07, 6.45) is 0.827. The van der Waals surface area contributed by atoms with E-state index in [1.165, 1.54) is 0 Å². The summed E-state index contributed by atoms with van der Waals surface area (Å²) in [5.74, 6) is -3.73. The van der Waals surface area contributed by atoms with Gasteiger partial charge in [0, 0.05) is 6.42 Å². The van der Waals surface area contributed by atoms with Crippen molar-refractivity contribution in [3.63, 3.8) is 0 Å². The smallest absolute Gasteiger partial charge is 0.282 e. The summed E-state index contributed by atoms with van der Waals surface area (Å²) in [5.41, 5.74) is 10.4. The number of hydrogen-bond donors (Lipinski definition) is 2. The van der Waals surface area contributed by atoms with Gasteiger partial charge in [-0.2, -0.15) is 0 Å². The zero-order chi connectivity index (χ0) is 12.3. The summed E-state index contributed by atoms with van der Waals surface area (Å²) in [6.45, 7) is -1.12. The standard InChI is InChI=1S/C9H15F2N3O2.ClH/c10-9(11)4-14(5-9)8(16)6(12)2-1-3-7(13)15;/h6H,1-5,12H2,(H2,13,15);1H. The molecule has 1 fully saturated rings. The van der Waals surface area contributed by atoms with Crippen LogP contribution in [0.5, 0.6) is 0 Å². The van der Waals surface area contributed by atoms with Crippen molar-refractivity contribution in [1.82, 2.24) is 4.90 Å². The first kappa shape index (κ1) is 16.1. The molecule has 5 nitrogen and oxygen atoms in total. The number of nitrogens with two attached hydrogens (primary N) is 2. The van der Waals surface area contributed by atoms with E-state index in [-0.39, 0.29) is 25.2 Å². The quantitative estimate of drug-likeness (QED) is 0.730. The first-order valence-electron chi connectivity index (χ1n) is 5.02. The highest BCUT2D eigenvalue weighted by Crippen LogP contribution is 2.27. The Hall–Kier alpha value is -0.950. The Labute approximate surface area is 104 Å². The molecule has 1 rings (SSSR count). The highest BCUT2D eigenvalue weighted by atomic mass is 35.5. The van der Waals surface area contributed by atoms with E-state index in [2.05, 4.69) is 0 Å².